The third kappa shape index (κ3) is 8.25. The normalized spacial score (nSPS) is 12.0. The number of benzene rings is 1. The first-order valence-electron chi connectivity index (χ1n) is 8.62. The molecule has 1 N–H and O–H groups in total. The third-order valence-electron chi connectivity index (χ3n) is 3.96. The Morgan fingerprint density at radius 3 is 2.44 bits per heavy atom. The molecular weight excluding hydrogens is 308 g/mol. The van der Waals surface area contributed by atoms with Crippen LogP contribution in [0, 0.1) is 13.8 Å². The van der Waals surface area contributed by atoms with Gasteiger partial charge in [-0.2, -0.15) is 0 Å². The molecule has 0 saturated heterocycles. The number of ether oxygens (including phenoxy) is 1. The Kier molecular flexibility index (Phi) is 9.16. The van der Waals surface area contributed by atoms with Crippen molar-refractivity contribution in [2.45, 2.75) is 46.6 Å². The van der Waals surface area contributed by atoms with Gasteiger partial charge in [0, 0.05) is 6.42 Å². The number of rotatable bonds is 10. The molecule has 0 fully saturated rings. The molecular formula is C23H30O2. The van der Waals surface area contributed by atoms with E-state index in [1.54, 1.807) is 6.26 Å². The zero-order chi connectivity index (χ0) is 18.7. The fraction of sp³-hybridized carbons (Fsp3) is 0.304. The molecule has 0 amide bonds. The third-order valence-corrected chi connectivity index (χ3v) is 3.96. The maximum absolute atomic E-state index is 9.18. The molecule has 0 spiro atoms. The number of hydrogen-bond donors (Lipinski definition) is 1. The number of hydrogen-bond acceptors (Lipinski definition) is 2. The Morgan fingerprint density at radius 1 is 1.16 bits per heavy atom. The van der Waals surface area contributed by atoms with E-state index in [4.69, 9.17) is 4.74 Å². The molecule has 0 heterocycles. The second-order valence-electron chi connectivity index (χ2n) is 6.24. The first-order chi connectivity index (χ1) is 11.9. The smallest absolute Gasteiger partial charge is 0.113 e. The summed E-state index contributed by atoms with van der Waals surface area (Å²) in [6, 6.07) is 6.27. The van der Waals surface area contributed by atoms with Gasteiger partial charge in [0.2, 0.25) is 0 Å². The van der Waals surface area contributed by atoms with Gasteiger partial charge in [-0.3, -0.25) is 0 Å². The quantitative estimate of drug-likeness (QED) is 0.294. The van der Waals surface area contributed by atoms with E-state index in [-0.39, 0.29) is 5.76 Å². The zero-order valence-corrected chi connectivity index (χ0v) is 15.7. The van der Waals surface area contributed by atoms with Crippen LogP contribution in [-0.4, -0.2) is 5.11 Å². The zero-order valence-electron chi connectivity index (χ0n) is 15.7. The van der Waals surface area contributed by atoms with Crippen LogP contribution in [0.15, 0.2) is 78.8 Å². The first-order valence-corrected chi connectivity index (χ1v) is 8.62. The van der Waals surface area contributed by atoms with Crippen molar-refractivity contribution in [3.05, 3.63) is 95.5 Å². The molecule has 0 saturated carbocycles. The second kappa shape index (κ2) is 11.1. The van der Waals surface area contributed by atoms with Crippen molar-refractivity contribution in [2.24, 2.45) is 0 Å². The van der Waals surface area contributed by atoms with Crippen LogP contribution < -0.4 is 0 Å². The lowest BCUT2D eigenvalue weighted by Crippen LogP contribution is -1.94. The summed E-state index contributed by atoms with van der Waals surface area (Å²) in [6.07, 6.45) is 11.8. The molecule has 1 aromatic carbocycles. The summed E-state index contributed by atoms with van der Waals surface area (Å²) in [4.78, 5) is 0. The highest BCUT2D eigenvalue weighted by Crippen LogP contribution is 2.18. The Morgan fingerprint density at radius 2 is 1.84 bits per heavy atom. The predicted molar refractivity (Wildman–Crippen MR) is 108 cm³/mol. The highest BCUT2D eigenvalue weighted by Gasteiger charge is 2.01. The predicted octanol–water partition coefficient (Wildman–Crippen LogP) is 6.63. The minimum atomic E-state index is 0.206. The molecule has 0 aliphatic carbocycles. The minimum Gasteiger partial charge on any atom is -0.513 e. The summed E-state index contributed by atoms with van der Waals surface area (Å²) in [5, 5.41) is 9.18. The molecule has 134 valence electrons. The Bertz CT molecular complexity index is 655. The summed E-state index contributed by atoms with van der Waals surface area (Å²) in [5.74, 6) is 0.206. The molecule has 0 atom stereocenters. The molecule has 0 unspecified atom stereocenters. The van der Waals surface area contributed by atoms with Gasteiger partial charge in [0.1, 0.15) is 6.61 Å². The molecule has 0 aliphatic rings. The Hall–Kier alpha value is -2.48. The minimum absolute atomic E-state index is 0.206. The molecule has 0 aliphatic heterocycles. The highest BCUT2D eigenvalue weighted by molar-refractivity contribution is 5.33. The molecule has 2 nitrogen and oxygen atoms in total. The van der Waals surface area contributed by atoms with Gasteiger partial charge < -0.3 is 9.84 Å². The largest absolute Gasteiger partial charge is 0.513 e. The van der Waals surface area contributed by atoms with Crippen LogP contribution >= 0.6 is 0 Å². The highest BCUT2D eigenvalue weighted by atomic mass is 16.5. The lowest BCUT2D eigenvalue weighted by atomic mass is 10.0. The topological polar surface area (TPSA) is 29.5 Å². The Balaban J connectivity index is 2.57. The number of aryl methyl sites for hydroxylation is 2. The average Bonchev–Trinajstić information content (AvgIpc) is 2.55. The number of aliphatic hydroxyl groups is 1. The molecule has 0 aromatic heterocycles. The van der Waals surface area contributed by atoms with Gasteiger partial charge in [0.05, 0.1) is 12.0 Å². The van der Waals surface area contributed by atoms with E-state index in [9.17, 15) is 5.11 Å². The average molecular weight is 338 g/mol. The van der Waals surface area contributed by atoms with E-state index >= 15 is 0 Å². The maximum atomic E-state index is 9.18. The fourth-order valence-corrected chi connectivity index (χ4v) is 2.51. The van der Waals surface area contributed by atoms with E-state index in [2.05, 4.69) is 51.3 Å². The summed E-state index contributed by atoms with van der Waals surface area (Å²) < 4.78 is 5.68. The van der Waals surface area contributed by atoms with Gasteiger partial charge in [-0.1, -0.05) is 55.2 Å². The molecule has 2 heteroatoms. The molecule has 1 aromatic rings. The van der Waals surface area contributed by atoms with Crippen molar-refractivity contribution in [3.63, 3.8) is 0 Å². The number of allylic oxidation sites excluding steroid dienone is 7. The fourth-order valence-electron chi connectivity index (χ4n) is 2.51. The molecule has 25 heavy (non-hydrogen) atoms. The van der Waals surface area contributed by atoms with Crippen LogP contribution in [0.5, 0.6) is 0 Å². The van der Waals surface area contributed by atoms with Crippen LogP contribution in [0.4, 0.5) is 0 Å². The molecule has 1 rings (SSSR count). The molecule has 0 bridgehead atoms. The summed E-state index contributed by atoms with van der Waals surface area (Å²) in [5.41, 5.74) is 5.97. The van der Waals surface area contributed by atoms with E-state index < -0.39 is 0 Å². The van der Waals surface area contributed by atoms with Crippen molar-refractivity contribution < 1.29 is 9.84 Å². The van der Waals surface area contributed by atoms with E-state index in [0.717, 1.165) is 24.0 Å². The lowest BCUT2D eigenvalue weighted by molar-refractivity contribution is 0.235. The van der Waals surface area contributed by atoms with Gasteiger partial charge in [-0.15, -0.1) is 0 Å². The lowest BCUT2D eigenvalue weighted by Gasteiger charge is -2.08. The van der Waals surface area contributed by atoms with Crippen LogP contribution in [0.1, 0.15) is 42.9 Å². The van der Waals surface area contributed by atoms with Crippen molar-refractivity contribution >= 4 is 0 Å². The second-order valence-corrected chi connectivity index (χ2v) is 6.24. The first kappa shape index (κ1) is 20.6. The summed E-state index contributed by atoms with van der Waals surface area (Å²) in [7, 11) is 0. The van der Waals surface area contributed by atoms with Crippen LogP contribution in [0.25, 0.3) is 0 Å². The number of aliphatic hydroxyl groups excluding tert-OH is 1. The van der Waals surface area contributed by atoms with E-state index in [1.807, 2.05) is 25.2 Å². The molecule has 0 radical (unpaired) electrons. The van der Waals surface area contributed by atoms with Crippen LogP contribution in [0.3, 0.4) is 0 Å². The van der Waals surface area contributed by atoms with Crippen molar-refractivity contribution in [1.82, 2.24) is 0 Å². The Labute approximate surface area is 152 Å². The van der Waals surface area contributed by atoms with Gasteiger partial charge >= 0.3 is 0 Å². The SMILES string of the molecule is C=C(O)CCC(=C)CC(/C=C\C)=C/C=C/OCc1c(C)cccc1C. The summed E-state index contributed by atoms with van der Waals surface area (Å²) >= 11 is 0. The van der Waals surface area contributed by atoms with Crippen LogP contribution in [0.2, 0.25) is 0 Å². The standard InChI is InChI=1S/C23H30O2/c1-6-9-22(16-18(2)13-14-21(5)24)12-8-15-25-17-23-19(3)10-7-11-20(23)4/h6-12,15,24H,2,5,13-14,16-17H2,1,3-4H3/b9-6-,15-8+,22-12+. The van der Waals surface area contributed by atoms with E-state index in [1.165, 1.54) is 16.7 Å². The van der Waals surface area contributed by atoms with Crippen molar-refractivity contribution in [2.75, 3.05) is 0 Å². The maximum Gasteiger partial charge on any atom is 0.113 e. The van der Waals surface area contributed by atoms with Gasteiger partial charge in [-0.25, -0.2) is 0 Å². The van der Waals surface area contributed by atoms with Crippen molar-refractivity contribution in [1.29, 1.82) is 0 Å². The van der Waals surface area contributed by atoms with Gasteiger partial charge in [0.15, 0.2) is 0 Å². The van der Waals surface area contributed by atoms with E-state index in [0.29, 0.717) is 13.0 Å². The van der Waals surface area contributed by atoms with Gasteiger partial charge in [0.25, 0.3) is 0 Å². The summed E-state index contributed by atoms with van der Waals surface area (Å²) in [6.45, 7) is 14.4. The van der Waals surface area contributed by atoms with Gasteiger partial charge in [-0.05, 0) is 62.0 Å². The van der Waals surface area contributed by atoms with Crippen molar-refractivity contribution in [3.8, 4) is 0 Å². The van der Waals surface area contributed by atoms with Crippen LogP contribution in [-0.2, 0) is 11.3 Å². The monoisotopic (exact) mass is 338 g/mol.